The summed E-state index contributed by atoms with van der Waals surface area (Å²) in [5.74, 6) is 0.402. The first-order valence-electron chi connectivity index (χ1n) is 3.37. The van der Waals surface area contributed by atoms with Gasteiger partial charge in [0, 0.05) is 10.7 Å². The van der Waals surface area contributed by atoms with Gasteiger partial charge in [-0.1, -0.05) is 0 Å². The Labute approximate surface area is 90.6 Å². The Kier molecular flexibility index (Phi) is 2.41. The highest BCUT2D eigenvalue weighted by Crippen LogP contribution is 2.18. The molecular weight excluding hydrogens is 302 g/mol. The van der Waals surface area contributed by atoms with Crippen LogP contribution in [0.15, 0.2) is 32.1 Å². The van der Waals surface area contributed by atoms with Crippen LogP contribution in [0.5, 0.6) is 0 Å². The zero-order chi connectivity index (χ0) is 9.26. The van der Waals surface area contributed by atoms with Crippen molar-refractivity contribution in [3.05, 3.63) is 27.5 Å². The number of aromatic nitrogens is 3. The van der Waals surface area contributed by atoms with Gasteiger partial charge < -0.3 is 4.52 Å². The minimum atomic E-state index is 0.402. The van der Waals surface area contributed by atoms with E-state index in [0.717, 1.165) is 4.47 Å². The molecule has 0 fully saturated rings. The van der Waals surface area contributed by atoms with Crippen LogP contribution in [-0.4, -0.2) is 15.1 Å². The van der Waals surface area contributed by atoms with E-state index in [-0.39, 0.29) is 0 Å². The van der Waals surface area contributed by atoms with E-state index < -0.39 is 0 Å². The van der Waals surface area contributed by atoms with Gasteiger partial charge in [-0.05, 0) is 49.1 Å². The summed E-state index contributed by atoms with van der Waals surface area (Å²) >= 11 is 6.38. The highest BCUT2D eigenvalue weighted by molar-refractivity contribution is 9.10. The largest absolute Gasteiger partial charge is 0.331 e. The maximum atomic E-state index is 4.90. The second kappa shape index (κ2) is 3.55. The van der Waals surface area contributed by atoms with E-state index >= 15 is 0 Å². The van der Waals surface area contributed by atoms with Crippen molar-refractivity contribution in [1.29, 1.82) is 0 Å². The Morgan fingerprint density at radius 1 is 1.23 bits per heavy atom. The van der Waals surface area contributed by atoms with E-state index in [1.807, 2.05) is 6.07 Å². The molecule has 66 valence electrons. The lowest BCUT2D eigenvalue weighted by molar-refractivity contribution is 0.425. The molecule has 2 heterocycles. The van der Waals surface area contributed by atoms with Crippen LogP contribution in [0.2, 0.25) is 0 Å². The lowest BCUT2D eigenvalue weighted by Gasteiger charge is -1.91. The van der Waals surface area contributed by atoms with Crippen molar-refractivity contribution in [1.82, 2.24) is 15.1 Å². The SMILES string of the molecule is Brc1ccc(-c2nc(Br)no2)nc1. The Balaban J connectivity index is 2.41. The van der Waals surface area contributed by atoms with E-state index in [4.69, 9.17) is 4.52 Å². The van der Waals surface area contributed by atoms with Crippen LogP contribution in [0, 0.1) is 0 Å². The summed E-state index contributed by atoms with van der Waals surface area (Å²) in [5.41, 5.74) is 0.654. The minimum absolute atomic E-state index is 0.402. The third-order valence-electron chi connectivity index (χ3n) is 1.35. The molecule has 2 aromatic rings. The second-order valence-electron chi connectivity index (χ2n) is 2.23. The molecule has 4 nitrogen and oxygen atoms in total. The smallest absolute Gasteiger partial charge is 0.277 e. The number of halogens is 2. The van der Waals surface area contributed by atoms with Crippen LogP contribution in [0.25, 0.3) is 11.6 Å². The van der Waals surface area contributed by atoms with E-state index in [9.17, 15) is 0 Å². The topological polar surface area (TPSA) is 51.8 Å². The van der Waals surface area contributed by atoms with Crippen molar-refractivity contribution >= 4 is 31.9 Å². The second-order valence-corrected chi connectivity index (χ2v) is 3.86. The fraction of sp³-hybridized carbons (Fsp3) is 0. The molecule has 0 radical (unpaired) electrons. The van der Waals surface area contributed by atoms with Gasteiger partial charge in [-0.2, -0.15) is 4.98 Å². The molecule has 0 unspecified atom stereocenters. The summed E-state index contributed by atoms with van der Waals surface area (Å²) in [6.45, 7) is 0. The average molecular weight is 305 g/mol. The normalized spacial score (nSPS) is 10.3. The summed E-state index contributed by atoms with van der Waals surface area (Å²) in [5, 5.41) is 3.59. The van der Waals surface area contributed by atoms with Crippen molar-refractivity contribution < 1.29 is 4.52 Å². The maximum Gasteiger partial charge on any atom is 0.277 e. The first-order valence-corrected chi connectivity index (χ1v) is 4.95. The first-order chi connectivity index (χ1) is 6.25. The molecule has 13 heavy (non-hydrogen) atoms. The average Bonchev–Trinajstić information content (AvgIpc) is 2.53. The zero-order valence-electron chi connectivity index (χ0n) is 6.24. The third-order valence-corrected chi connectivity index (χ3v) is 2.14. The molecule has 0 atom stereocenters. The Morgan fingerprint density at radius 2 is 2.08 bits per heavy atom. The van der Waals surface area contributed by atoms with Gasteiger partial charge in [-0.25, -0.2) is 4.98 Å². The van der Waals surface area contributed by atoms with Crippen LogP contribution >= 0.6 is 31.9 Å². The molecule has 0 amide bonds. The molecule has 0 bridgehead atoms. The molecule has 2 rings (SSSR count). The van der Waals surface area contributed by atoms with Gasteiger partial charge in [0.15, 0.2) is 0 Å². The monoisotopic (exact) mass is 303 g/mol. The van der Waals surface area contributed by atoms with Crippen LogP contribution in [0.3, 0.4) is 0 Å². The molecule has 0 aliphatic carbocycles. The fourth-order valence-corrected chi connectivity index (χ4v) is 1.28. The first kappa shape index (κ1) is 8.83. The molecule has 2 aromatic heterocycles. The highest BCUT2D eigenvalue weighted by atomic mass is 79.9. The molecule has 0 saturated carbocycles. The molecule has 0 aromatic carbocycles. The summed E-state index contributed by atoms with van der Waals surface area (Å²) < 4.78 is 6.24. The van der Waals surface area contributed by atoms with Gasteiger partial charge in [0.2, 0.25) is 4.73 Å². The number of rotatable bonds is 1. The standard InChI is InChI=1S/C7H3Br2N3O/c8-4-1-2-5(10-3-4)6-11-7(9)12-13-6/h1-3H. The molecule has 0 N–H and O–H groups in total. The van der Waals surface area contributed by atoms with Crippen LogP contribution in [0.4, 0.5) is 0 Å². The van der Waals surface area contributed by atoms with Gasteiger partial charge in [0.1, 0.15) is 5.69 Å². The minimum Gasteiger partial charge on any atom is -0.331 e. The number of nitrogens with zero attached hydrogens (tertiary/aromatic N) is 3. The Hall–Kier alpha value is -0.750. The summed E-state index contributed by atoms with van der Waals surface area (Å²) in [4.78, 5) is 8.07. The Bertz CT molecular complexity index is 412. The molecule has 0 spiro atoms. The van der Waals surface area contributed by atoms with Gasteiger partial charge in [0.25, 0.3) is 5.89 Å². The van der Waals surface area contributed by atoms with Gasteiger partial charge in [-0.3, -0.25) is 0 Å². The fourth-order valence-electron chi connectivity index (χ4n) is 0.812. The van der Waals surface area contributed by atoms with Crippen molar-refractivity contribution in [2.45, 2.75) is 0 Å². The van der Waals surface area contributed by atoms with E-state index in [1.54, 1.807) is 12.3 Å². The molecule has 6 heteroatoms. The molecule has 0 aliphatic rings. The van der Waals surface area contributed by atoms with Gasteiger partial charge in [0.05, 0.1) is 0 Å². The quantitative estimate of drug-likeness (QED) is 0.813. The van der Waals surface area contributed by atoms with E-state index in [0.29, 0.717) is 16.3 Å². The maximum absolute atomic E-state index is 4.90. The zero-order valence-corrected chi connectivity index (χ0v) is 9.41. The number of hydrogen-bond acceptors (Lipinski definition) is 4. The van der Waals surface area contributed by atoms with Crippen molar-refractivity contribution in [3.63, 3.8) is 0 Å². The van der Waals surface area contributed by atoms with Crippen LogP contribution in [0.1, 0.15) is 0 Å². The summed E-state index contributed by atoms with van der Waals surface area (Å²) in [6.07, 6.45) is 1.67. The molecular formula is C7H3Br2N3O. The third kappa shape index (κ3) is 1.94. The summed E-state index contributed by atoms with van der Waals surface area (Å²) in [6, 6.07) is 3.66. The van der Waals surface area contributed by atoms with E-state index in [1.165, 1.54) is 0 Å². The van der Waals surface area contributed by atoms with E-state index in [2.05, 4.69) is 47.0 Å². The van der Waals surface area contributed by atoms with Crippen LogP contribution in [-0.2, 0) is 0 Å². The van der Waals surface area contributed by atoms with Crippen molar-refractivity contribution in [2.24, 2.45) is 0 Å². The summed E-state index contributed by atoms with van der Waals surface area (Å²) in [7, 11) is 0. The highest BCUT2D eigenvalue weighted by Gasteiger charge is 2.07. The van der Waals surface area contributed by atoms with Crippen molar-refractivity contribution in [3.8, 4) is 11.6 Å². The number of pyridine rings is 1. The Morgan fingerprint density at radius 3 is 2.62 bits per heavy atom. The lowest BCUT2D eigenvalue weighted by atomic mass is 10.3. The molecule has 0 saturated heterocycles. The molecule has 0 aliphatic heterocycles. The van der Waals surface area contributed by atoms with Crippen LogP contribution < -0.4 is 0 Å². The lowest BCUT2D eigenvalue weighted by Crippen LogP contribution is -1.81. The van der Waals surface area contributed by atoms with Gasteiger partial charge >= 0.3 is 0 Å². The predicted molar refractivity (Wildman–Crippen MR) is 52.9 cm³/mol. The number of hydrogen-bond donors (Lipinski definition) is 0. The van der Waals surface area contributed by atoms with Gasteiger partial charge in [-0.15, -0.1) is 0 Å². The predicted octanol–water partition coefficient (Wildman–Crippen LogP) is 2.66. The van der Waals surface area contributed by atoms with Crippen molar-refractivity contribution in [2.75, 3.05) is 0 Å².